The Morgan fingerprint density at radius 1 is 1.13 bits per heavy atom. The minimum Gasteiger partial charge on any atom is -0.467 e. The molecule has 30 heavy (non-hydrogen) atoms. The van der Waals surface area contributed by atoms with Crippen LogP contribution in [0.15, 0.2) is 71.3 Å². The van der Waals surface area contributed by atoms with E-state index in [4.69, 9.17) is 4.42 Å². The van der Waals surface area contributed by atoms with Crippen molar-refractivity contribution in [1.29, 1.82) is 0 Å². The van der Waals surface area contributed by atoms with Gasteiger partial charge in [0.15, 0.2) is 0 Å². The Morgan fingerprint density at radius 3 is 2.53 bits per heavy atom. The maximum absolute atomic E-state index is 12.8. The molecule has 0 N–H and O–H groups in total. The van der Waals surface area contributed by atoms with Gasteiger partial charge in [-0.15, -0.1) is 11.8 Å². The average Bonchev–Trinajstić information content (AvgIpc) is 3.40. The van der Waals surface area contributed by atoms with Crippen LogP contribution in [-0.4, -0.2) is 34.4 Å². The predicted octanol–water partition coefficient (Wildman–Crippen LogP) is 4.63. The number of aryl methyl sites for hydroxylation is 1. The highest BCUT2D eigenvalue weighted by molar-refractivity contribution is 8.00. The molecule has 5 nitrogen and oxygen atoms in total. The van der Waals surface area contributed by atoms with Gasteiger partial charge in [0, 0.05) is 19.2 Å². The predicted molar refractivity (Wildman–Crippen MR) is 118 cm³/mol. The number of carbonyl (C=O) groups excluding carboxylic acids is 2. The number of thioether (sulfide) groups is 1. The van der Waals surface area contributed by atoms with Gasteiger partial charge in [0.1, 0.15) is 11.1 Å². The summed E-state index contributed by atoms with van der Waals surface area (Å²) in [6.07, 6.45) is 1.62. The summed E-state index contributed by atoms with van der Waals surface area (Å²) < 4.78 is 5.41. The molecule has 0 radical (unpaired) electrons. The van der Waals surface area contributed by atoms with E-state index in [0.717, 1.165) is 16.9 Å². The molecule has 154 valence electrons. The summed E-state index contributed by atoms with van der Waals surface area (Å²) in [7, 11) is 1.81. The van der Waals surface area contributed by atoms with Gasteiger partial charge in [-0.2, -0.15) is 0 Å². The van der Waals surface area contributed by atoms with Crippen molar-refractivity contribution < 1.29 is 14.0 Å². The van der Waals surface area contributed by atoms with Crippen molar-refractivity contribution in [2.24, 2.45) is 0 Å². The van der Waals surface area contributed by atoms with E-state index in [9.17, 15) is 9.59 Å². The Morgan fingerprint density at radius 2 is 1.87 bits per heavy atom. The molecule has 0 saturated carbocycles. The van der Waals surface area contributed by atoms with Crippen LogP contribution in [0, 0.1) is 6.92 Å². The molecule has 6 heteroatoms. The minimum absolute atomic E-state index is 0.0234. The number of amides is 2. The summed E-state index contributed by atoms with van der Waals surface area (Å²) >= 11 is 1.60. The Bertz CT molecular complexity index is 1010. The smallest absolute Gasteiger partial charge is 0.253 e. The molecule has 1 aromatic heterocycles. The minimum atomic E-state index is -0.0722. The zero-order chi connectivity index (χ0) is 21.1. The number of furan rings is 1. The van der Waals surface area contributed by atoms with Gasteiger partial charge in [0.25, 0.3) is 5.91 Å². The van der Waals surface area contributed by atoms with E-state index in [1.165, 1.54) is 5.56 Å². The molecule has 1 atom stereocenters. The lowest BCUT2D eigenvalue weighted by Crippen LogP contribution is -2.28. The number of nitrogens with zero attached hydrogens (tertiary/aromatic N) is 2. The van der Waals surface area contributed by atoms with Crippen LogP contribution in [0.5, 0.6) is 0 Å². The molecule has 1 fully saturated rings. The molecule has 2 amide bonds. The van der Waals surface area contributed by atoms with Crippen molar-refractivity contribution in [3.8, 4) is 0 Å². The molecule has 0 unspecified atom stereocenters. The van der Waals surface area contributed by atoms with Gasteiger partial charge >= 0.3 is 0 Å². The summed E-state index contributed by atoms with van der Waals surface area (Å²) in [6, 6.07) is 19.5. The fraction of sp³-hybridized carbons (Fsp3) is 0.250. The van der Waals surface area contributed by atoms with Gasteiger partial charge in [-0.3, -0.25) is 9.59 Å². The summed E-state index contributed by atoms with van der Waals surface area (Å²) in [4.78, 5) is 28.7. The average molecular weight is 421 g/mol. The van der Waals surface area contributed by atoms with E-state index in [-0.39, 0.29) is 17.2 Å². The first-order valence-electron chi connectivity index (χ1n) is 9.85. The van der Waals surface area contributed by atoms with Crippen LogP contribution in [0.2, 0.25) is 0 Å². The molecule has 2 aromatic carbocycles. The fourth-order valence-corrected chi connectivity index (χ4v) is 4.71. The van der Waals surface area contributed by atoms with E-state index < -0.39 is 0 Å². The Labute approximate surface area is 180 Å². The van der Waals surface area contributed by atoms with Crippen LogP contribution in [0.25, 0.3) is 0 Å². The quantitative estimate of drug-likeness (QED) is 0.583. The highest BCUT2D eigenvalue weighted by atomic mass is 32.2. The van der Waals surface area contributed by atoms with Gasteiger partial charge in [-0.05, 0) is 42.3 Å². The van der Waals surface area contributed by atoms with Crippen LogP contribution < -0.4 is 0 Å². The first-order valence-corrected chi connectivity index (χ1v) is 10.9. The summed E-state index contributed by atoms with van der Waals surface area (Å²) in [6.45, 7) is 3.06. The van der Waals surface area contributed by atoms with Crippen molar-refractivity contribution in [3.63, 3.8) is 0 Å². The normalized spacial score (nSPS) is 16.1. The largest absolute Gasteiger partial charge is 0.467 e. The molecular formula is C24H24N2O3S. The van der Waals surface area contributed by atoms with E-state index in [1.807, 2.05) is 67.4 Å². The molecule has 1 saturated heterocycles. The third-order valence-corrected chi connectivity index (χ3v) is 6.46. The van der Waals surface area contributed by atoms with Crippen LogP contribution in [0.3, 0.4) is 0 Å². The number of benzene rings is 2. The number of hydrogen-bond acceptors (Lipinski definition) is 4. The molecule has 3 aromatic rings. The molecule has 4 rings (SSSR count). The van der Waals surface area contributed by atoms with Crippen LogP contribution in [-0.2, 0) is 17.9 Å². The second-order valence-electron chi connectivity index (χ2n) is 7.53. The van der Waals surface area contributed by atoms with Crippen molar-refractivity contribution >= 4 is 23.6 Å². The Balaban J connectivity index is 1.44. The van der Waals surface area contributed by atoms with Crippen LogP contribution >= 0.6 is 11.8 Å². The molecule has 1 aliphatic heterocycles. The standard InChI is InChI=1S/C24H24N2O3S/c1-17-5-7-18(8-6-17)14-25(2)23(28)19-9-11-20(12-10-19)24-26(22(27)16-30-24)15-21-4-3-13-29-21/h3-13,24H,14-16H2,1-2H3/t24-/m1/s1. The van der Waals surface area contributed by atoms with Crippen molar-refractivity contribution in [1.82, 2.24) is 9.80 Å². The molecule has 1 aliphatic rings. The lowest BCUT2D eigenvalue weighted by molar-refractivity contribution is -0.128. The van der Waals surface area contributed by atoms with Gasteiger partial charge in [0.05, 0.1) is 18.6 Å². The van der Waals surface area contributed by atoms with E-state index in [0.29, 0.717) is 24.4 Å². The third kappa shape index (κ3) is 4.44. The maximum atomic E-state index is 12.8. The topological polar surface area (TPSA) is 53.8 Å². The molecular weight excluding hydrogens is 396 g/mol. The van der Waals surface area contributed by atoms with Crippen LogP contribution in [0.1, 0.15) is 38.2 Å². The van der Waals surface area contributed by atoms with Crippen LogP contribution in [0.4, 0.5) is 0 Å². The number of rotatable bonds is 6. The lowest BCUT2D eigenvalue weighted by atomic mass is 10.1. The second-order valence-corrected chi connectivity index (χ2v) is 8.60. The Hall–Kier alpha value is -2.99. The highest BCUT2D eigenvalue weighted by Gasteiger charge is 2.33. The van der Waals surface area contributed by atoms with Gasteiger partial charge in [-0.25, -0.2) is 0 Å². The summed E-state index contributed by atoms with van der Waals surface area (Å²) in [5.74, 6) is 1.29. The molecule has 0 bridgehead atoms. The zero-order valence-corrected chi connectivity index (χ0v) is 17.9. The summed E-state index contributed by atoms with van der Waals surface area (Å²) in [5.41, 5.74) is 3.95. The lowest BCUT2D eigenvalue weighted by Gasteiger charge is -2.23. The van der Waals surface area contributed by atoms with Gasteiger partial charge in [0.2, 0.25) is 5.91 Å². The van der Waals surface area contributed by atoms with Crippen molar-refractivity contribution in [3.05, 3.63) is 94.9 Å². The number of carbonyl (C=O) groups is 2. The highest BCUT2D eigenvalue weighted by Crippen LogP contribution is 2.39. The molecule has 0 spiro atoms. The maximum Gasteiger partial charge on any atom is 0.253 e. The van der Waals surface area contributed by atoms with E-state index in [2.05, 4.69) is 12.1 Å². The number of hydrogen-bond donors (Lipinski definition) is 0. The van der Waals surface area contributed by atoms with E-state index >= 15 is 0 Å². The molecule has 2 heterocycles. The first kappa shape index (κ1) is 20.3. The van der Waals surface area contributed by atoms with Crippen molar-refractivity contribution in [2.75, 3.05) is 12.8 Å². The van der Waals surface area contributed by atoms with Gasteiger partial charge in [-0.1, -0.05) is 42.0 Å². The SMILES string of the molecule is Cc1ccc(CN(C)C(=O)c2ccc([C@H]3SCC(=O)N3Cc3ccco3)cc2)cc1. The van der Waals surface area contributed by atoms with E-state index in [1.54, 1.807) is 22.9 Å². The van der Waals surface area contributed by atoms with Crippen molar-refractivity contribution in [2.45, 2.75) is 25.4 Å². The monoisotopic (exact) mass is 420 g/mol. The first-order chi connectivity index (χ1) is 14.5. The third-order valence-electron chi connectivity index (χ3n) is 5.20. The zero-order valence-electron chi connectivity index (χ0n) is 17.1. The molecule has 0 aliphatic carbocycles. The summed E-state index contributed by atoms with van der Waals surface area (Å²) in [5, 5.41) is -0.0722. The van der Waals surface area contributed by atoms with Gasteiger partial charge < -0.3 is 14.2 Å². The Kier molecular flexibility index (Phi) is 5.95. The fourth-order valence-electron chi connectivity index (χ4n) is 3.52. The second kappa shape index (κ2) is 8.79.